The molecule has 0 aliphatic heterocycles. The van der Waals surface area contributed by atoms with E-state index in [-0.39, 0.29) is 5.92 Å². The van der Waals surface area contributed by atoms with Gasteiger partial charge in [0.05, 0.1) is 10.0 Å². The predicted octanol–water partition coefficient (Wildman–Crippen LogP) is 5.32. The lowest BCUT2D eigenvalue weighted by atomic mass is 9.77. The molecule has 1 aliphatic carbocycles. The smallest absolute Gasteiger partial charge is 0.140 e. The van der Waals surface area contributed by atoms with Crippen LogP contribution in [0.15, 0.2) is 18.2 Å². The normalized spacial score (nSPS) is 23.3. The van der Waals surface area contributed by atoms with Crippen LogP contribution in [0.25, 0.3) is 0 Å². The van der Waals surface area contributed by atoms with Crippen molar-refractivity contribution in [3.05, 3.63) is 33.8 Å². The van der Waals surface area contributed by atoms with Crippen molar-refractivity contribution in [2.75, 3.05) is 0 Å². The zero-order valence-corrected chi connectivity index (χ0v) is 12.8. The fraction of sp³-hybridized carbons (Fsp3) is 0.562. The molecule has 3 heteroatoms. The second kappa shape index (κ2) is 6.76. The molecule has 1 aliphatic rings. The Balaban J connectivity index is 2.02. The van der Waals surface area contributed by atoms with Gasteiger partial charge in [-0.15, -0.1) is 0 Å². The summed E-state index contributed by atoms with van der Waals surface area (Å²) >= 11 is 12.1. The van der Waals surface area contributed by atoms with Crippen molar-refractivity contribution < 1.29 is 4.79 Å². The Morgan fingerprint density at radius 1 is 1.32 bits per heavy atom. The standard InChI is InChI=1S/C16H20Cl2O/c1-2-11-5-3-6-12(9-11)15(19)10-13-7-4-8-14(17)16(13)18/h4,7-8,11-12H,2-3,5-6,9-10H2,1H3. The molecule has 0 amide bonds. The molecule has 0 spiro atoms. The molecule has 0 bridgehead atoms. The van der Waals surface area contributed by atoms with Crippen molar-refractivity contribution >= 4 is 29.0 Å². The highest BCUT2D eigenvalue weighted by Crippen LogP contribution is 2.33. The van der Waals surface area contributed by atoms with Gasteiger partial charge in [-0.05, 0) is 30.4 Å². The van der Waals surface area contributed by atoms with Crippen LogP contribution >= 0.6 is 23.2 Å². The summed E-state index contributed by atoms with van der Waals surface area (Å²) in [6, 6.07) is 5.50. The highest BCUT2D eigenvalue weighted by atomic mass is 35.5. The third-order valence-electron chi connectivity index (χ3n) is 4.21. The summed E-state index contributed by atoms with van der Waals surface area (Å²) in [4.78, 5) is 12.4. The van der Waals surface area contributed by atoms with Crippen LogP contribution in [0.2, 0.25) is 10.0 Å². The van der Waals surface area contributed by atoms with Crippen LogP contribution in [-0.4, -0.2) is 5.78 Å². The summed E-state index contributed by atoms with van der Waals surface area (Å²) in [5.41, 5.74) is 0.859. The topological polar surface area (TPSA) is 17.1 Å². The molecule has 2 unspecified atom stereocenters. The fourth-order valence-corrected chi connectivity index (χ4v) is 3.36. The Hall–Kier alpha value is -0.530. The highest BCUT2D eigenvalue weighted by molar-refractivity contribution is 6.42. The number of halogens is 2. The van der Waals surface area contributed by atoms with Crippen LogP contribution < -0.4 is 0 Å². The summed E-state index contributed by atoms with van der Waals surface area (Å²) < 4.78 is 0. The van der Waals surface area contributed by atoms with Gasteiger partial charge in [0.15, 0.2) is 0 Å². The van der Waals surface area contributed by atoms with E-state index < -0.39 is 0 Å². The molecule has 1 nitrogen and oxygen atoms in total. The van der Waals surface area contributed by atoms with Gasteiger partial charge in [-0.1, -0.05) is 61.5 Å². The summed E-state index contributed by atoms with van der Waals surface area (Å²) in [6.07, 6.45) is 6.14. The third kappa shape index (κ3) is 3.73. The van der Waals surface area contributed by atoms with Gasteiger partial charge in [-0.25, -0.2) is 0 Å². The molecule has 1 saturated carbocycles. The SMILES string of the molecule is CCC1CCCC(C(=O)Cc2cccc(Cl)c2Cl)C1. The number of hydrogen-bond acceptors (Lipinski definition) is 1. The van der Waals surface area contributed by atoms with Crippen LogP contribution in [0.1, 0.15) is 44.6 Å². The molecule has 0 saturated heterocycles. The van der Waals surface area contributed by atoms with Crippen molar-refractivity contribution in [1.29, 1.82) is 0 Å². The maximum atomic E-state index is 12.4. The van der Waals surface area contributed by atoms with Crippen LogP contribution in [0.5, 0.6) is 0 Å². The number of Topliss-reactive ketones (excluding diaryl/α,β-unsaturated/α-hetero) is 1. The van der Waals surface area contributed by atoms with Gasteiger partial charge in [-0.2, -0.15) is 0 Å². The molecular weight excluding hydrogens is 279 g/mol. The van der Waals surface area contributed by atoms with E-state index in [1.165, 1.54) is 19.3 Å². The zero-order chi connectivity index (χ0) is 13.8. The number of benzene rings is 1. The number of carbonyl (C=O) groups is 1. The first kappa shape index (κ1) is 14.9. The largest absolute Gasteiger partial charge is 0.299 e. The van der Waals surface area contributed by atoms with E-state index in [4.69, 9.17) is 23.2 Å². The summed E-state index contributed by atoms with van der Waals surface area (Å²) in [5.74, 6) is 1.26. The van der Waals surface area contributed by atoms with Gasteiger partial charge in [0, 0.05) is 12.3 Å². The average Bonchev–Trinajstić information content (AvgIpc) is 2.44. The van der Waals surface area contributed by atoms with Crippen molar-refractivity contribution in [3.8, 4) is 0 Å². The minimum absolute atomic E-state index is 0.216. The molecule has 19 heavy (non-hydrogen) atoms. The molecule has 0 aromatic heterocycles. The minimum atomic E-state index is 0.216. The van der Waals surface area contributed by atoms with E-state index in [1.54, 1.807) is 6.07 Å². The molecule has 1 aromatic rings. The van der Waals surface area contributed by atoms with Crippen LogP contribution in [-0.2, 0) is 11.2 Å². The average molecular weight is 299 g/mol. The Kier molecular flexibility index (Phi) is 5.29. The monoisotopic (exact) mass is 298 g/mol. The summed E-state index contributed by atoms with van der Waals surface area (Å²) in [7, 11) is 0. The van der Waals surface area contributed by atoms with Gasteiger partial charge in [0.1, 0.15) is 5.78 Å². The van der Waals surface area contributed by atoms with Crippen LogP contribution in [0.3, 0.4) is 0 Å². The van der Waals surface area contributed by atoms with Gasteiger partial charge >= 0.3 is 0 Å². The lowest BCUT2D eigenvalue weighted by Gasteiger charge is -2.27. The first-order valence-electron chi connectivity index (χ1n) is 7.07. The summed E-state index contributed by atoms with van der Waals surface area (Å²) in [6.45, 7) is 2.21. The van der Waals surface area contributed by atoms with E-state index in [0.717, 1.165) is 24.3 Å². The van der Waals surface area contributed by atoms with Gasteiger partial charge in [0.25, 0.3) is 0 Å². The first-order chi connectivity index (χ1) is 9.11. The second-order valence-electron chi connectivity index (χ2n) is 5.49. The maximum absolute atomic E-state index is 12.4. The highest BCUT2D eigenvalue weighted by Gasteiger charge is 2.26. The van der Waals surface area contributed by atoms with Gasteiger partial charge in [0.2, 0.25) is 0 Å². The number of carbonyl (C=O) groups excluding carboxylic acids is 1. The Morgan fingerprint density at radius 3 is 2.84 bits per heavy atom. The van der Waals surface area contributed by atoms with Crippen molar-refractivity contribution in [3.63, 3.8) is 0 Å². The number of rotatable bonds is 4. The number of hydrogen-bond donors (Lipinski definition) is 0. The maximum Gasteiger partial charge on any atom is 0.140 e. The molecule has 2 atom stereocenters. The van der Waals surface area contributed by atoms with Crippen LogP contribution in [0.4, 0.5) is 0 Å². The predicted molar refractivity (Wildman–Crippen MR) is 80.9 cm³/mol. The first-order valence-corrected chi connectivity index (χ1v) is 7.83. The molecule has 1 aromatic carbocycles. The minimum Gasteiger partial charge on any atom is -0.299 e. The Labute approximate surface area is 125 Å². The van der Waals surface area contributed by atoms with E-state index >= 15 is 0 Å². The fourth-order valence-electron chi connectivity index (χ4n) is 2.97. The molecule has 104 valence electrons. The second-order valence-corrected chi connectivity index (χ2v) is 6.28. The molecule has 1 fully saturated rings. The zero-order valence-electron chi connectivity index (χ0n) is 11.3. The Morgan fingerprint density at radius 2 is 2.11 bits per heavy atom. The molecular formula is C16H20Cl2O. The van der Waals surface area contributed by atoms with Crippen molar-refractivity contribution in [2.45, 2.75) is 45.4 Å². The van der Waals surface area contributed by atoms with Crippen molar-refractivity contribution in [1.82, 2.24) is 0 Å². The van der Waals surface area contributed by atoms with E-state index in [1.807, 2.05) is 12.1 Å². The van der Waals surface area contributed by atoms with E-state index in [9.17, 15) is 4.79 Å². The lowest BCUT2D eigenvalue weighted by Crippen LogP contribution is -2.24. The van der Waals surface area contributed by atoms with E-state index in [2.05, 4.69) is 6.92 Å². The molecule has 0 N–H and O–H groups in total. The van der Waals surface area contributed by atoms with Crippen molar-refractivity contribution in [2.24, 2.45) is 11.8 Å². The Bertz CT molecular complexity index is 456. The van der Waals surface area contributed by atoms with E-state index in [0.29, 0.717) is 22.2 Å². The lowest BCUT2D eigenvalue weighted by molar-refractivity contribution is -0.123. The molecule has 0 radical (unpaired) electrons. The molecule has 0 heterocycles. The third-order valence-corrected chi connectivity index (χ3v) is 5.07. The number of ketones is 1. The van der Waals surface area contributed by atoms with Crippen LogP contribution in [0, 0.1) is 11.8 Å². The summed E-state index contributed by atoms with van der Waals surface area (Å²) in [5, 5.41) is 1.06. The van der Waals surface area contributed by atoms with Gasteiger partial charge < -0.3 is 0 Å². The van der Waals surface area contributed by atoms with Gasteiger partial charge in [-0.3, -0.25) is 4.79 Å². The molecule has 2 rings (SSSR count). The quantitative estimate of drug-likeness (QED) is 0.735.